The summed E-state index contributed by atoms with van der Waals surface area (Å²) in [5, 5.41) is 8.85. The fraction of sp³-hybridized carbons (Fsp3) is 0.538. The first-order valence-electron chi connectivity index (χ1n) is 5.54. The third-order valence-corrected chi connectivity index (χ3v) is 2.66. The van der Waals surface area contributed by atoms with E-state index < -0.39 is 0 Å². The average Bonchev–Trinajstić information content (AvgIpc) is 2.29. The minimum Gasteiger partial charge on any atom is -0.488 e. The van der Waals surface area contributed by atoms with E-state index in [2.05, 4.69) is 26.0 Å². The van der Waals surface area contributed by atoms with E-state index in [9.17, 15) is 0 Å². The topological polar surface area (TPSA) is 29.5 Å². The number of hydrogen-bond acceptors (Lipinski definition) is 2. The van der Waals surface area contributed by atoms with Crippen LogP contribution in [-0.2, 0) is 0 Å². The number of aliphatic hydroxyl groups excluding tert-OH is 1. The summed E-state index contributed by atoms with van der Waals surface area (Å²) < 4.78 is 5.48. The second-order valence-corrected chi connectivity index (χ2v) is 3.99. The van der Waals surface area contributed by atoms with E-state index >= 15 is 0 Å². The lowest BCUT2D eigenvalue weighted by atomic mass is 9.99. The van der Waals surface area contributed by atoms with Crippen molar-refractivity contribution in [3.63, 3.8) is 0 Å². The van der Waals surface area contributed by atoms with E-state index in [-0.39, 0.29) is 12.7 Å². The van der Waals surface area contributed by atoms with Crippen LogP contribution >= 0.6 is 0 Å². The summed E-state index contributed by atoms with van der Waals surface area (Å²) >= 11 is 0. The maximum atomic E-state index is 8.85. The minimum absolute atomic E-state index is 0.0487. The van der Waals surface area contributed by atoms with Crippen LogP contribution in [0.25, 0.3) is 0 Å². The Bertz CT molecular complexity index is 279. The molecule has 0 aliphatic heterocycles. The number of rotatable bonds is 5. The van der Waals surface area contributed by atoms with Gasteiger partial charge in [0.05, 0.1) is 6.61 Å². The zero-order chi connectivity index (χ0) is 11.3. The van der Waals surface area contributed by atoms with Gasteiger partial charge in [0.1, 0.15) is 11.9 Å². The number of ether oxygens (including phenoxy) is 1. The van der Waals surface area contributed by atoms with E-state index in [1.807, 2.05) is 19.1 Å². The van der Waals surface area contributed by atoms with Crippen LogP contribution in [-0.4, -0.2) is 17.8 Å². The molecule has 0 bridgehead atoms. The smallest absolute Gasteiger partial charge is 0.119 e. The third-order valence-electron chi connectivity index (χ3n) is 2.66. The van der Waals surface area contributed by atoms with Gasteiger partial charge >= 0.3 is 0 Å². The molecule has 2 heteroatoms. The molecule has 0 saturated heterocycles. The Morgan fingerprint density at radius 1 is 1.20 bits per heavy atom. The van der Waals surface area contributed by atoms with E-state index in [0.29, 0.717) is 5.92 Å². The molecule has 1 N–H and O–H groups in total. The molecule has 0 spiro atoms. The molecular weight excluding hydrogens is 188 g/mol. The summed E-state index contributed by atoms with van der Waals surface area (Å²) in [5.74, 6) is 1.41. The highest BCUT2D eigenvalue weighted by Crippen LogP contribution is 2.21. The number of hydrogen-bond donors (Lipinski definition) is 1. The molecule has 0 saturated carbocycles. The van der Waals surface area contributed by atoms with E-state index in [4.69, 9.17) is 9.84 Å². The van der Waals surface area contributed by atoms with Crippen molar-refractivity contribution in [2.24, 2.45) is 0 Å². The van der Waals surface area contributed by atoms with Crippen molar-refractivity contribution in [2.45, 2.75) is 39.2 Å². The Morgan fingerprint density at radius 3 is 2.27 bits per heavy atom. The van der Waals surface area contributed by atoms with Crippen LogP contribution in [0.2, 0.25) is 0 Å². The zero-order valence-corrected chi connectivity index (χ0v) is 9.73. The Balaban J connectivity index is 2.64. The van der Waals surface area contributed by atoms with Crippen molar-refractivity contribution in [3.8, 4) is 5.75 Å². The monoisotopic (exact) mass is 208 g/mol. The molecule has 0 aromatic heterocycles. The molecule has 15 heavy (non-hydrogen) atoms. The minimum atomic E-state index is -0.139. The van der Waals surface area contributed by atoms with Crippen LogP contribution in [0, 0.1) is 0 Å². The molecule has 0 fully saturated rings. The van der Waals surface area contributed by atoms with Gasteiger partial charge in [-0.3, -0.25) is 0 Å². The maximum Gasteiger partial charge on any atom is 0.119 e. The first-order valence-corrected chi connectivity index (χ1v) is 5.54. The number of aliphatic hydroxyl groups is 1. The molecule has 2 nitrogen and oxygen atoms in total. The normalized spacial score (nSPS) is 14.7. The summed E-state index contributed by atoms with van der Waals surface area (Å²) in [5.41, 5.74) is 1.33. The summed E-state index contributed by atoms with van der Waals surface area (Å²) in [6.45, 7) is 6.30. The molecule has 1 aromatic rings. The molecule has 2 atom stereocenters. The van der Waals surface area contributed by atoms with Crippen LogP contribution in [0.1, 0.15) is 38.7 Å². The van der Waals surface area contributed by atoms with E-state index in [0.717, 1.165) is 12.2 Å². The van der Waals surface area contributed by atoms with Gasteiger partial charge in [0.2, 0.25) is 0 Å². The summed E-state index contributed by atoms with van der Waals surface area (Å²) in [6.07, 6.45) is 1.01. The van der Waals surface area contributed by atoms with Crippen molar-refractivity contribution >= 4 is 0 Å². The molecule has 0 amide bonds. The van der Waals surface area contributed by atoms with Crippen molar-refractivity contribution in [1.29, 1.82) is 0 Å². The van der Waals surface area contributed by atoms with Crippen LogP contribution in [0.5, 0.6) is 5.75 Å². The predicted molar refractivity (Wildman–Crippen MR) is 62.3 cm³/mol. The Morgan fingerprint density at radius 2 is 1.80 bits per heavy atom. The Hall–Kier alpha value is -1.02. The lowest BCUT2D eigenvalue weighted by Crippen LogP contribution is -2.16. The van der Waals surface area contributed by atoms with Crippen LogP contribution in [0.15, 0.2) is 24.3 Å². The van der Waals surface area contributed by atoms with Crippen LogP contribution in [0.4, 0.5) is 0 Å². The van der Waals surface area contributed by atoms with Gasteiger partial charge in [0.15, 0.2) is 0 Å². The highest BCUT2D eigenvalue weighted by atomic mass is 16.5. The molecular formula is C13H20O2. The molecule has 1 rings (SSSR count). The van der Waals surface area contributed by atoms with E-state index in [1.54, 1.807) is 0 Å². The molecule has 0 aliphatic carbocycles. The maximum absolute atomic E-state index is 8.85. The van der Waals surface area contributed by atoms with Gasteiger partial charge in [-0.15, -0.1) is 0 Å². The second kappa shape index (κ2) is 5.76. The lowest BCUT2D eigenvalue weighted by Gasteiger charge is -2.13. The average molecular weight is 208 g/mol. The molecule has 0 radical (unpaired) electrons. The molecule has 84 valence electrons. The molecule has 1 aromatic carbocycles. The fourth-order valence-electron chi connectivity index (χ4n) is 1.38. The number of benzene rings is 1. The summed E-state index contributed by atoms with van der Waals surface area (Å²) in [4.78, 5) is 0. The highest BCUT2D eigenvalue weighted by molar-refractivity contribution is 5.29. The van der Waals surface area contributed by atoms with Gasteiger partial charge in [0.25, 0.3) is 0 Å². The van der Waals surface area contributed by atoms with E-state index in [1.165, 1.54) is 5.56 Å². The lowest BCUT2D eigenvalue weighted by molar-refractivity contribution is 0.129. The van der Waals surface area contributed by atoms with Gasteiger partial charge in [-0.2, -0.15) is 0 Å². The van der Waals surface area contributed by atoms with Crippen molar-refractivity contribution in [1.82, 2.24) is 0 Å². The van der Waals surface area contributed by atoms with Gasteiger partial charge in [-0.25, -0.2) is 0 Å². The largest absolute Gasteiger partial charge is 0.488 e. The predicted octanol–water partition coefficient (Wildman–Crippen LogP) is 2.96. The second-order valence-electron chi connectivity index (χ2n) is 3.99. The van der Waals surface area contributed by atoms with Gasteiger partial charge in [0, 0.05) is 0 Å². The standard InChI is InChI=1S/C13H20O2/c1-4-10(2)12-5-7-13(8-6-12)15-11(3)9-14/h5-8,10-11,14H,4,9H2,1-3H3. The third kappa shape index (κ3) is 3.56. The van der Waals surface area contributed by atoms with Crippen molar-refractivity contribution in [2.75, 3.05) is 6.61 Å². The zero-order valence-electron chi connectivity index (χ0n) is 9.73. The van der Waals surface area contributed by atoms with Crippen molar-refractivity contribution in [3.05, 3.63) is 29.8 Å². The summed E-state index contributed by atoms with van der Waals surface area (Å²) in [6, 6.07) is 8.11. The molecule has 2 unspecified atom stereocenters. The van der Waals surface area contributed by atoms with Gasteiger partial charge in [-0.1, -0.05) is 26.0 Å². The SMILES string of the molecule is CCC(C)c1ccc(OC(C)CO)cc1. The molecule has 0 aliphatic rings. The quantitative estimate of drug-likeness (QED) is 0.806. The molecule has 0 heterocycles. The van der Waals surface area contributed by atoms with Crippen LogP contribution in [0.3, 0.4) is 0 Å². The van der Waals surface area contributed by atoms with Crippen molar-refractivity contribution < 1.29 is 9.84 Å². The highest BCUT2D eigenvalue weighted by Gasteiger charge is 2.04. The summed E-state index contributed by atoms with van der Waals surface area (Å²) in [7, 11) is 0. The van der Waals surface area contributed by atoms with Gasteiger partial charge in [-0.05, 0) is 37.0 Å². The fourth-order valence-corrected chi connectivity index (χ4v) is 1.38. The first-order chi connectivity index (χ1) is 7.17. The Labute approximate surface area is 91.9 Å². The Kier molecular flexibility index (Phi) is 4.63. The first kappa shape index (κ1) is 12.1. The van der Waals surface area contributed by atoms with Crippen LogP contribution < -0.4 is 4.74 Å². The van der Waals surface area contributed by atoms with Gasteiger partial charge < -0.3 is 9.84 Å².